The van der Waals surface area contributed by atoms with Gasteiger partial charge in [0.1, 0.15) is 12.0 Å². The van der Waals surface area contributed by atoms with E-state index in [0.29, 0.717) is 25.5 Å². The molecule has 25 heavy (non-hydrogen) atoms. The standard InChI is InChI=1S/C17H19N5O3/c23-17(20-11-13-3-7-18-8-4-13)14-5-9-21(10-6-14)16-2-1-15(12-19-16)22(24)25/h1-4,7-8,12,14H,5-6,9-11H2,(H,20,23). The van der Waals surface area contributed by atoms with Crippen LogP contribution in [-0.4, -0.2) is 33.9 Å². The van der Waals surface area contributed by atoms with Crippen LogP contribution in [0.3, 0.4) is 0 Å². The second kappa shape index (κ2) is 7.69. The summed E-state index contributed by atoms with van der Waals surface area (Å²) in [7, 11) is 0. The number of nitrogens with one attached hydrogen (secondary N) is 1. The van der Waals surface area contributed by atoms with Crippen molar-refractivity contribution in [2.24, 2.45) is 5.92 Å². The van der Waals surface area contributed by atoms with Crippen molar-refractivity contribution >= 4 is 17.4 Å². The van der Waals surface area contributed by atoms with Crippen molar-refractivity contribution in [3.8, 4) is 0 Å². The molecule has 1 amide bonds. The van der Waals surface area contributed by atoms with Crippen LogP contribution in [0.1, 0.15) is 18.4 Å². The summed E-state index contributed by atoms with van der Waals surface area (Å²) in [5, 5.41) is 13.6. The lowest BCUT2D eigenvalue weighted by Crippen LogP contribution is -2.40. The van der Waals surface area contributed by atoms with Crippen molar-refractivity contribution in [1.82, 2.24) is 15.3 Å². The number of amides is 1. The second-order valence-corrected chi connectivity index (χ2v) is 5.97. The molecule has 1 fully saturated rings. The predicted octanol–water partition coefficient (Wildman–Crippen LogP) is 1.92. The highest BCUT2D eigenvalue weighted by molar-refractivity contribution is 5.79. The Balaban J connectivity index is 1.49. The van der Waals surface area contributed by atoms with Gasteiger partial charge in [0.25, 0.3) is 5.69 Å². The molecule has 1 N–H and O–H groups in total. The fourth-order valence-electron chi connectivity index (χ4n) is 2.88. The van der Waals surface area contributed by atoms with Crippen LogP contribution in [-0.2, 0) is 11.3 Å². The number of carbonyl (C=O) groups is 1. The molecule has 0 bridgehead atoms. The molecule has 1 aliphatic heterocycles. The molecular weight excluding hydrogens is 322 g/mol. The van der Waals surface area contributed by atoms with Crippen molar-refractivity contribution in [3.63, 3.8) is 0 Å². The summed E-state index contributed by atoms with van der Waals surface area (Å²) in [5.74, 6) is 0.755. The Bertz CT molecular complexity index is 728. The van der Waals surface area contributed by atoms with E-state index >= 15 is 0 Å². The van der Waals surface area contributed by atoms with Crippen LogP contribution in [0.5, 0.6) is 0 Å². The van der Waals surface area contributed by atoms with Crippen LogP contribution in [0.25, 0.3) is 0 Å². The van der Waals surface area contributed by atoms with E-state index in [1.165, 1.54) is 12.3 Å². The van der Waals surface area contributed by atoms with Crippen LogP contribution < -0.4 is 10.2 Å². The monoisotopic (exact) mass is 341 g/mol. The lowest BCUT2D eigenvalue weighted by atomic mass is 9.96. The predicted molar refractivity (Wildman–Crippen MR) is 91.9 cm³/mol. The lowest BCUT2D eigenvalue weighted by molar-refractivity contribution is -0.385. The normalized spacial score (nSPS) is 15.0. The van der Waals surface area contributed by atoms with E-state index in [2.05, 4.69) is 20.2 Å². The number of rotatable bonds is 5. The third kappa shape index (κ3) is 4.28. The molecule has 0 aromatic carbocycles. The minimum absolute atomic E-state index is 0.0175. The van der Waals surface area contributed by atoms with E-state index in [1.54, 1.807) is 18.5 Å². The highest BCUT2D eigenvalue weighted by atomic mass is 16.6. The Morgan fingerprint density at radius 2 is 1.96 bits per heavy atom. The van der Waals surface area contributed by atoms with Gasteiger partial charge in [-0.25, -0.2) is 4.98 Å². The van der Waals surface area contributed by atoms with Crippen molar-refractivity contribution < 1.29 is 9.72 Å². The average Bonchev–Trinajstić information content (AvgIpc) is 2.67. The molecule has 1 saturated heterocycles. The summed E-state index contributed by atoms with van der Waals surface area (Å²) in [4.78, 5) is 32.7. The summed E-state index contributed by atoms with van der Waals surface area (Å²) in [6, 6.07) is 6.87. The van der Waals surface area contributed by atoms with Gasteiger partial charge in [-0.2, -0.15) is 0 Å². The molecule has 3 heterocycles. The average molecular weight is 341 g/mol. The first-order chi connectivity index (χ1) is 12.1. The fraction of sp³-hybridized carbons (Fsp3) is 0.353. The highest BCUT2D eigenvalue weighted by Crippen LogP contribution is 2.23. The van der Waals surface area contributed by atoms with Gasteiger partial charge in [-0.1, -0.05) is 0 Å². The van der Waals surface area contributed by atoms with Crippen LogP contribution >= 0.6 is 0 Å². The zero-order chi connectivity index (χ0) is 17.6. The molecule has 0 radical (unpaired) electrons. The topological polar surface area (TPSA) is 101 Å². The van der Waals surface area contributed by atoms with Crippen molar-refractivity contribution in [2.45, 2.75) is 19.4 Å². The first-order valence-electron chi connectivity index (χ1n) is 8.15. The maximum Gasteiger partial charge on any atom is 0.287 e. The Morgan fingerprint density at radius 1 is 1.24 bits per heavy atom. The molecule has 0 spiro atoms. The van der Waals surface area contributed by atoms with Gasteiger partial charge in [-0.3, -0.25) is 19.9 Å². The fourth-order valence-corrected chi connectivity index (χ4v) is 2.88. The Hall–Kier alpha value is -3.03. The summed E-state index contributed by atoms with van der Waals surface area (Å²) in [6.07, 6.45) is 6.15. The van der Waals surface area contributed by atoms with Gasteiger partial charge in [0.15, 0.2) is 0 Å². The molecular formula is C17H19N5O3. The number of hydrogen-bond donors (Lipinski definition) is 1. The smallest absolute Gasteiger partial charge is 0.287 e. The van der Waals surface area contributed by atoms with E-state index in [4.69, 9.17) is 0 Å². The quantitative estimate of drug-likeness (QED) is 0.658. The molecule has 3 rings (SSSR count). The Labute approximate surface area is 145 Å². The van der Waals surface area contributed by atoms with Crippen molar-refractivity contribution in [3.05, 3.63) is 58.5 Å². The van der Waals surface area contributed by atoms with E-state index in [9.17, 15) is 14.9 Å². The highest BCUT2D eigenvalue weighted by Gasteiger charge is 2.25. The third-order valence-corrected chi connectivity index (χ3v) is 4.35. The van der Waals surface area contributed by atoms with Gasteiger partial charge in [0.2, 0.25) is 5.91 Å². The molecule has 8 nitrogen and oxygen atoms in total. The van der Waals surface area contributed by atoms with Crippen LogP contribution in [0.2, 0.25) is 0 Å². The summed E-state index contributed by atoms with van der Waals surface area (Å²) < 4.78 is 0. The SMILES string of the molecule is O=C(NCc1ccncc1)C1CCN(c2ccc([N+](=O)[O-])cn2)CC1. The first-order valence-corrected chi connectivity index (χ1v) is 8.15. The molecule has 0 unspecified atom stereocenters. The lowest BCUT2D eigenvalue weighted by Gasteiger charge is -2.32. The Morgan fingerprint density at radius 3 is 2.56 bits per heavy atom. The van der Waals surface area contributed by atoms with Crippen molar-refractivity contribution in [1.29, 1.82) is 0 Å². The molecule has 0 aliphatic carbocycles. The van der Waals surface area contributed by atoms with Gasteiger partial charge >= 0.3 is 0 Å². The van der Waals surface area contributed by atoms with E-state index in [0.717, 1.165) is 18.4 Å². The minimum atomic E-state index is -0.462. The molecule has 8 heteroatoms. The van der Waals surface area contributed by atoms with Crippen molar-refractivity contribution in [2.75, 3.05) is 18.0 Å². The van der Waals surface area contributed by atoms with Gasteiger partial charge in [0, 0.05) is 44.0 Å². The van der Waals surface area contributed by atoms with E-state index in [-0.39, 0.29) is 17.5 Å². The number of carbonyl (C=O) groups excluding carboxylic acids is 1. The summed E-state index contributed by atoms with van der Waals surface area (Å²) in [6.45, 7) is 1.92. The molecule has 0 saturated carbocycles. The minimum Gasteiger partial charge on any atom is -0.357 e. The largest absolute Gasteiger partial charge is 0.357 e. The third-order valence-electron chi connectivity index (χ3n) is 4.35. The molecule has 1 aliphatic rings. The first kappa shape index (κ1) is 16.8. The van der Waals surface area contributed by atoms with Crippen LogP contribution in [0, 0.1) is 16.0 Å². The number of hydrogen-bond acceptors (Lipinski definition) is 6. The van der Waals surface area contributed by atoms with Crippen LogP contribution in [0.15, 0.2) is 42.9 Å². The second-order valence-electron chi connectivity index (χ2n) is 5.97. The number of piperidine rings is 1. The number of anilines is 1. The number of nitrogens with zero attached hydrogens (tertiary/aromatic N) is 4. The maximum atomic E-state index is 12.3. The molecule has 0 atom stereocenters. The molecule has 130 valence electrons. The van der Waals surface area contributed by atoms with Gasteiger partial charge < -0.3 is 10.2 Å². The van der Waals surface area contributed by atoms with Gasteiger partial charge in [-0.15, -0.1) is 0 Å². The molecule has 2 aromatic heterocycles. The van der Waals surface area contributed by atoms with E-state index in [1.807, 2.05) is 12.1 Å². The Kier molecular flexibility index (Phi) is 5.17. The van der Waals surface area contributed by atoms with Gasteiger partial charge in [-0.05, 0) is 36.6 Å². The zero-order valence-corrected chi connectivity index (χ0v) is 13.7. The number of aromatic nitrogens is 2. The van der Waals surface area contributed by atoms with Gasteiger partial charge in [0.05, 0.1) is 4.92 Å². The zero-order valence-electron chi connectivity index (χ0n) is 13.7. The number of nitro groups is 1. The summed E-state index contributed by atoms with van der Waals surface area (Å²) >= 11 is 0. The maximum absolute atomic E-state index is 12.3. The molecule has 2 aromatic rings. The van der Waals surface area contributed by atoms with E-state index < -0.39 is 4.92 Å². The van der Waals surface area contributed by atoms with Crippen LogP contribution in [0.4, 0.5) is 11.5 Å². The summed E-state index contributed by atoms with van der Waals surface area (Å²) in [5.41, 5.74) is 1.00. The number of pyridine rings is 2.